The van der Waals surface area contributed by atoms with Crippen LogP contribution in [0.25, 0.3) is 11.0 Å². The van der Waals surface area contributed by atoms with Crippen molar-refractivity contribution in [3.63, 3.8) is 0 Å². The number of aryl methyl sites for hydroxylation is 2. The van der Waals surface area contributed by atoms with Gasteiger partial charge >= 0.3 is 0 Å². The average Bonchev–Trinajstić information content (AvgIpc) is 3.23. The summed E-state index contributed by atoms with van der Waals surface area (Å²) in [5, 5.41) is 0. The van der Waals surface area contributed by atoms with Crippen LogP contribution in [0.5, 0.6) is 0 Å². The summed E-state index contributed by atoms with van der Waals surface area (Å²) in [7, 11) is 1.87. The molecule has 2 atom stereocenters. The zero-order valence-corrected chi connectivity index (χ0v) is 17.9. The number of amides is 1. The molecule has 1 saturated heterocycles. The molecule has 1 fully saturated rings. The average molecular weight is 404 g/mol. The molecule has 6 nitrogen and oxygen atoms in total. The number of hydrogen-bond acceptors (Lipinski definition) is 5. The second-order valence-electron chi connectivity index (χ2n) is 8.15. The summed E-state index contributed by atoms with van der Waals surface area (Å²) in [6.45, 7) is 4.62. The van der Waals surface area contributed by atoms with Crippen LogP contribution in [0.15, 0.2) is 48.5 Å². The smallest absolute Gasteiger partial charge is 0.253 e. The van der Waals surface area contributed by atoms with E-state index in [1.807, 2.05) is 45.2 Å². The highest BCUT2D eigenvalue weighted by molar-refractivity contribution is 5.97. The predicted octanol–water partition coefficient (Wildman–Crippen LogP) is 3.71. The van der Waals surface area contributed by atoms with Crippen LogP contribution >= 0.6 is 0 Å². The first-order chi connectivity index (χ1) is 14.5. The molecule has 0 bridgehead atoms. The van der Waals surface area contributed by atoms with Gasteiger partial charge in [0.2, 0.25) is 0 Å². The maximum absolute atomic E-state index is 12.9. The van der Waals surface area contributed by atoms with E-state index in [1.165, 1.54) is 5.56 Å². The molecule has 0 saturated carbocycles. The van der Waals surface area contributed by atoms with E-state index in [4.69, 9.17) is 0 Å². The van der Waals surface area contributed by atoms with Crippen LogP contribution in [-0.4, -0.2) is 40.4 Å². The van der Waals surface area contributed by atoms with Gasteiger partial charge < -0.3 is 4.90 Å². The summed E-state index contributed by atoms with van der Waals surface area (Å²) in [5.41, 5.74) is 12.2. The third kappa shape index (κ3) is 4.50. The van der Waals surface area contributed by atoms with Gasteiger partial charge in [0, 0.05) is 31.2 Å². The molecule has 3 aromatic rings. The summed E-state index contributed by atoms with van der Waals surface area (Å²) >= 11 is 0. The zero-order chi connectivity index (χ0) is 21.1. The van der Waals surface area contributed by atoms with Gasteiger partial charge in [0.05, 0.1) is 22.4 Å². The summed E-state index contributed by atoms with van der Waals surface area (Å²) in [6, 6.07) is 16.8. The molecule has 0 aliphatic carbocycles. The van der Waals surface area contributed by atoms with E-state index >= 15 is 0 Å². The number of nitrogens with zero attached hydrogens (tertiary/aromatic N) is 3. The molecular weight excluding hydrogens is 374 g/mol. The Labute approximate surface area is 177 Å². The van der Waals surface area contributed by atoms with E-state index < -0.39 is 0 Å². The fourth-order valence-electron chi connectivity index (χ4n) is 3.98. The lowest BCUT2D eigenvalue weighted by molar-refractivity contribution is 0.0792. The second kappa shape index (κ2) is 8.90. The SMILES string of the molecule is Cc1nc2ccc(C(=O)N(C)CCCC3CC(c4ccccc4)NN3)cc2nc1C. The van der Waals surface area contributed by atoms with E-state index in [0.717, 1.165) is 48.2 Å². The Morgan fingerprint density at radius 3 is 2.53 bits per heavy atom. The minimum atomic E-state index is 0.0246. The quantitative estimate of drug-likeness (QED) is 0.657. The Morgan fingerprint density at radius 1 is 1.03 bits per heavy atom. The van der Waals surface area contributed by atoms with Gasteiger partial charge in [-0.15, -0.1) is 0 Å². The molecule has 1 amide bonds. The lowest BCUT2D eigenvalue weighted by atomic mass is 10.00. The molecule has 1 aromatic heterocycles. The molecule has 6 heteroatoms. The lowest BCUT2D eigenvalue weighted by Gasteiger charge is -2.18. The van der Waals surface area contributed by atoms with Crippen molar-refractivity contribution in [1.82, 2.24) is 25.7 Å². The Balaban J connectivity index is 1.30. The summed E-state index contributed by atoms with van der Waals surface area (Å²) in [4.78, 5) is 23.8. The number of carbonyl (C=O) groups excluding carboxylic acids is 1. The molecule has 0 spiro atoms. The van der Waals surface area contributed by atoms with Crippen molar-refractivity contribution in [2.24, 2.45) is 0 Å². The van der Waals surface area contributed by atoms with Gasteiger partial charge in [0.1, 0.15) is 0 Å². The first-order valence-corrected chi connectivity index (χ1v) is 10.6. The highest BCUT2D eigenvalue weighted by atomic mass is 16.2. The molecular formula is C24H29N5O. The van der Waals surface area contributed by atoms with E-state index in [0.29, 0.717) is 17.6 Å². The monoisotopic (exact) mass is 403 g/mol. The molecule has 2 heterocycles. The highest BCUT2D eigenvalue weighted by Gasteiger charge is 2.24. The molecule has 4 rings (SSSR count). The Bertz CT molecular complexity index is 1040. The first kappa shape index (κ1) is 20.4. The second-order valence-corrected chi connectivity index (χ2v) is 8.15. The third-order valence-electron chi connectivity index (χ3n) is 5.90. The molecule has 30 heavy (non-hydrogen) atoms. The largest absolute Gasteiger partial charge is 0.342 e. The number of hydrazine groups is 1. The number of nitrogens with one attached hydrogen (secondary N) is 2. The maximum Gasteiger partial charge on any atom is 0.253 e. The summed E-state index contributed by atoms with van der Waals surface area (Å²) in [5.74, 6) is 0.0246. The normalized spacial score (nSPS) is 18.6. The van der Waals surface area contributed by atoms with Crippen molar-refractivity contribution < 1.29 is 4.79 Å². The van der Waals surface area contributed by atoms with E-state index in [-0.39, 0.29) is 5.91 Å². The topological polar surface area (TPSA) is 70.2 Å². The number of benzene rings is 2. The zero-order valence-electron chi connectivity index (χ0n) is 17.9. The van der Waals surface area contributed by atoms with Crippen molar-refractivity contribution in [1.29, 1.82) is 0 Å². The maximum atomic E-state index is 12.9. The number of carbonyl (C=O) groups is 1. The van der Waals surface area contributed by atoms with Crippen LogP contribution in [0.4, 0.5) is 0 Å². The van der Waals surface area contributed by atoms with Crippen LogP contribution in [0.3, 0.4) is 0 Å². The molecule has 1 aliphatic heterocycles. The predicted molar refractivity (Wildman–Crippen MR) is 119 cm³/mol. The third-order valence-corrected chi connectivity index (χ3v) is 5.90. The van der Waals surface area contributed by atoms with Crippen LogP contribution in [-0.2, 0) is 0 Å². The Hall–Kier alpha value is -2.83. The Morgan fingerprint density at radius 2 is 1.77 bits per heavy atom. The first-order valence-electron chi connectivity index (χ1n) is 10.6. The summed E-state index contributed by atoms with van der Waals surface area (Å²) in [6.07, 6.45) is 3.04. The Kier molecular flexibility index (Phi) is 6.06. The minimum absolute atomic E-state index is 0.0246. The highest BCUT2D eigenvalue weighted by Crippen LogP contribution is 2.24. The molecule has 2 N–H and O–H groups in total. The lowest BCUT2D eigenvalue weighted by Crippen LogP contribution is -2.32. The van der Waals surface area contributed by atoms with Gasteiger partial charge in [-0.3, -0.25) is 15.6 Å². The van der Waals surface area contributed by atoms with E-state index in [1.54, 1.807) is 4.90 Å². The molecule has 2 aromatic carbocycles. The standard InChI is InChI=1S/C24H29N5O/c1-16-17(2)26-23-14-19(11-12-21(23)25-16)24(30)29(3)13-7-10-20-15-22(28-27-20)18-8-5-4-6-9-18/h4-6,8-9,11-12,14,20,22,27-28H,7,10,13,15H2,1-3H3. The fourth-order valence-corrected chi connectivity index (χ4v) is 3.98. The number of aromatic nitrogens is 2. The van der Waals surface area contributed by atoms with Crippen molar-refractivity contribution in [2.45, 2.75) is 45.2 Å². The van der Waals surface area contributed by atoms with Gasteiger partial charge in [-0.2, -0.15) is 0 Å². The number of hydrogen-bond donors (Lipinski definition) is 2. The van der Waals surface area contributed by atoms with E-state index in [9.17, 15) is 4.79 Å². The van der Waals surface area contributed by atoms with E-state index in [2.05, 4.69) is 45.1 Å². The number of fused-ring (bicyclic) bond motifs is 1. The van der Waals surface area contributed by atoms with Crippen LogP contribution in [0.2, 0.25) is 0 Å². The van der Waals surface area contributed by atoms with Crippen molar-refractivity contribution in [3.8, 4) is 0 Å². The van der Waals surface area contributed by atoms with Crippen molar-refractivity contribution >= 4 is 16.9 Å². The molecule has 2 unspecified atom stereocenters. The van der Waals surface area contributed by atoms with Crippen molar-refractivity contribution in [2.75, 3.05) is 13.6 Å². The van der Waals surface area contributed by atoms with Gasteiger partial charge in [-0.1, -0.05) is 30.3 Å². The van der Waals surface area contributed by atoms with Gasteiger partial charge in [0.15, 0.2) is 0 Å². The molecule has 156 valence electrons. The van der Waals surface area contributed by atoms with Crippen LogP contribution in [0.1, 0.15) is 52.6 Å². The fraction of sp³-hybridized carbons (Fsp3) is 0.375. The van der Waals surface area contributed by atoms with Gasteiger partial charge in [-0.05, 0) is 56.9 Å². The molecule has 0 radical (unpaired) electrons. The van der Waals surface area contributed by atoms with Crippen LogP contribution in [0, 0.1) is 13.8 Å². The minimum Gasteiger partial charge on any atom is -0.342 e. The van der Waals surface area contributed by atoms with Crippen LogP contribution < -0.4 is 10.9 Å². The van der Waals surface area contributed by atoms with Gasteiger partial charge in [0.25, 0.3) is 5.91 Å². The van der Waals surface area contributed by atoms with Crippen molar-refractivity contribution in [3.05, 3.63) is 71.0 Å². The number of rotatable bonds is 6. The van der Waals surface area contributed by atoms with Gasteiger partial charge in [-0.25, -0.2) is 9.97 Å². The molecule has 1 aliphatic rings. The summed E-state index contributed by atoms with van der Waals surface area (Å²) < 4.78 is 0.